The summed E-state index contributed by atoms with van der Waals surface area (Å²) in [4.78, 5) is 6.85. The average Bonchev–Trinajstić information content (AvgIpc) is 2.76. The van der Waals surface area contributed by atoms with Crippen LogP contribution in [0.1, 0.15) is 13.3 Å². The Kier molecular flexibility index (Phi) is 3.49. The molecule has 0 saturated carbocycles. The molecular weight excluding hydrogens is 228 g/mol. The highest BCUT2D eigenvalue weighted by atomic mass is 33.1. The van der Waals surface area contributed by atoms with Crippen molar-refractivity contribution in [3.8, 4) is 0 Å². The zero-order chi connectivity index (χ0) is 11.0. The molecule has 2 unspecified atom stereocenters. The van der Waals surface area contributed by atoms with E-state index in [1.807, 2.05) is 10.8 Å². The summed E-state index contributed by atoms with van der Waals surface area (Å²) in [5.74, 6) is 0. The van der Waals surface area contributed by atoms with Crippen molar-refractivity contribution in [1.29, 1.82) is 0 Å². The van der Waals surface area contributed by atoms with Crippen molar-refractivity contribution in [2.75, 3.05) is 27.7 Å². The molecule has 1 saturated heterocycles. The van der Waals surface area contributed by atoms with E-state index >= 15 is 0 Å². The Morgan fingerprint density at radius 1 is 1.47 bits per heavy atom. The van der Waals surface area contributed by atoms with Crippen molar-refractivity contribution in [2.45, 2.75) is 24.9 Å². The zero-order valence-electron chi connectivity index (χ0n) is 9.67. The average molecular weight is 246 g/mol. The Bertz CT molecular complexity index is 269. The lowest BCUT2D eigenvalue weighted by atomic mass is 10.3. The van der Waals surface area contributed by atoms with Gasteiger partial charge in [0.15, 0.2) is 10.7 Å². The van der Waals surface area contributed by atoms with Crippen molar-refractivity contribution >= 4 is 26.8 Å². The molecule has 2 atom stereocenters. The van der Waals surface area contributed by atoms with Crippen molar-refractivity contribution in [3.05, 3.63) is 0 Å². The molecule has 4 nitrogen and oxygen atoms in total. The number of hydrazine groups is 1. The topological polar surface area (TPSA) is 22.1 Å². The molecule has 2 aliphatic heterocycles. The van der Waals surface area contributed by atoms with E-state index in [1.165, 1.54) is 6.42 Å². The number of aliphatic imine (C=N–C) groups is 1. The molecule has 1 fully saturated rings. The van der Waals surface area contributed by atoms with Gasteiger partial charge in [-0.05, 0) is 49.0 Å². The first-order chi connectivity index (χ1) is 7.09. The van der Waals surface area contributed by atoms with Crippen molar-refractivity contribution in [2.24, 2.45) is 4.99 Å². The second-order valence-corrected chi connectivity index (χ2v) is 6.44. The van der Waals surface area contributed by atoms with Crippen molar-refractivity contribution < 1.29 is 0 Å². The summed E-state index contributed by atoms with van der Waals surface area (Å²) in [6.45, 7) is 3.36. The molecule has 0 radical (unpaired) electrons. The van der Waals surface area contributed by atoms with Crippen molar-refractivity contribution in [1.82, 2.24) is 14.9 Å². The fourth-order valence-corrected chi connectivity index (χ4v) is 4.21. The Hall–Kier alpha value is 0.0900. The molecule has 0 aliphatic carbocycles. The van der Waals surface area contributed by atoms with Gasteiger partial charge in [0.1, 0.15) is 0 Å². The lowest BCUT2D eigenvalue weighted by Gasteiger charge is -2.27. The van der Waals surface area contributed by atoms with E-state index in [0.717, 1.165) is 11.7 Å². The predicted molar refractivity (Wildman–Crippen MR) is 68.6 cm³/mol. The highest BCUT2D eigenvalue weighted by Gasteiger charge is 2.32. The van der Waals surface area contributed by atoms with E-state index in [2.05, 4.69) is 43.0 Å². The number of hydrogen-bond acceptors (Lipinski definition) is 6. The summed E-state index contributed by atoms with van der Waals surface area (Å²) in [7, 11) is 9.90. The third-order valence-electron chi connectivity index (χ3n) is 2.87. The fraction of sp³-hybridized carbons (Fsp3) is 0.889. The van der Waals surface area contributed by atoms with Crippen LogP contribution < -0.4 is 0 Å². The van der Waals surface area contributed by atoms with E-state index in [-0.39, 0.29) is 5.50 Å². The zero-order valence-corrected chi connectivity index (χ0v) is 11.3. The lowest BCUT2D eigenvalue weighted by molar-refractivity contribution is 0.111. The minimum absolute atomic E-state index is 0.273. The number of hydrogen-bond donors (Lipinski definition) is 0. The van der Waals surface area contributed by atoms with Gasteiger partial charge in [0.2, 0.25) is 0 Å². The van der Waals surface area contributed by atoms with Gasteiger partial charge in [-0.2, -0.15) is 0 Å². The molecule has 0 aromatic heterocycles. The molecule has 86 valence electrons. The van der Waals surface area contributed by atoms with Gasteiger partial charge in [0, 0.05) is 19.6 Å². The van der Waals surface area contributed by atoms with Crippen LogP contribution in [0.4, 0.5) is 0 Å². The Labute approximate surface area is 99.4 Å². The van der Waals surface area contributed by atoms with Crippen LogP contribution in [-0.4, -0.2) is 59.3 Å². The predicted octanol–water partition coefficient (Wildman–Crippen LogP) is 1.52. The van der Waals surface area contributed by atoms with Gasteiger partial charge in [-0.25, -0.2) is 10.0 Å². The number of nitrogens with zero attached hydrogens (tertiary/aromatic N) is 4. The van der Waals surface area contributed by atoms with Crippen molar-refractivity contribution in [3.63, 3.8) is 0 Å². The molecule has 0 bridgehead atoms. The van der Waals surface area contributed by atoms with Gasteiger partial charge in [0.25, 0.3) is 0 Å². The summed E-state index contributed by atoms with van der Waals surface area (Å²) < 4.78 is 0. The first kappa shape index (κ1) is 11.6. The Balaban J connectivity index is 2.03. The smallest absolute Gasteiger partial charge is 0.187 e. The molecule has 6 heteroatoms. The first-order valence-corrected chi connectivity index (χ1v) is 7.38. The highest BCUT2D eigenvalue weighted by Crippen LogP contribution is 2.39. The SMILES string of the molecule is CC1CCN(C2=NC(N(C)C)SS2)N1C. The van der Waals surface area contributed by atoms with Crippen LogP contribution in [0.3, 0.4) is 0 Å². The van der Waals surface area contributed by atoms with Crippen LogP contribution >= 0.6 is 21.6 Å². The molecule has 0 amide bonds. The molecule has 15 heavy (non-hydrogen) atoms. The normalized spacial score (nSPS) is 32.9. The summed E-state index contributed by atoms with van der Waals surface area (Å²) in [5.41, 5.74) is 0.273. The van der Waals surface area contributed by atoms with Gasteiger partial charge < -0.3 is 0 Å². The molecule has 0 N–H and O–H groups in total. The molecule has 2 heterocycles. The second kappa shape index (κ2) is 4.53. The third-order valence-corrected chi connectivity index (χ3v) is 5.38. The van der Waals surface area contributed by atoms with Crippen LogP contribution in [0, 0.1) is 0 Å². The van der Waals surface area contributed by atoms with Gasteiger partial charge >= 0.3 is 0 Å². The summed E-state index contributed by atoms with van der Waals surface area (Å²) in [6, 6.07) is 0.636. The van der Waals surface area contributed by atoms with Crippen LogP contribution in [0.25, 0.3) is 0 Å². The van der Waals surface area contributed by atoms with Crippen LogP contribution in [-0.2, 0) is 0 Å². The maximum Gasteiger partial charge on any atom is 0.187 e. The third kappa shape index (κ3) is 2.27. The molecule has 0 aromatic carbocycles. The van der Waals surface area contributed by atoms with Crippen LogP contribution in [0.15, 0.2) is 4.99 Å². The standard InChI is InChI=1S/C9H18N4S2/c1-7-5-6-13(12(7)4)9-10-8(11(2)3)14-15-9/h7-8H,5-6H2,1-4H3. The summed E-state index contributed by atoms with van der Waals surface area (Å²) in [5, 5.41) is 5.75. The van der Waals surface area contributed by atoms with Crippen LogP contribution in [0.2, 0.25) is 0 Å². The Morgan fingerprint density at radius 3 is 2.67 bits per heavy atom. The maximum atomic E-state index is 4.71. The van der Waals surface area contributed by atoms with E-state index in [9.17, 15) is 0 Å². The molecular formula is C9H18N4S2. The summed E-state index contributed by atoms with van der Waals surface area (Å²) in [6.07, 6.45) is 1.23. The van der Waals surface area contributed by atoms with E-state index in [1.54, 1.807) is 10.8 Å². The second-order valence-electron chi connectivity index (χ2n) is 4.22. The minimum Gasteiger partial charge on any atom is -0.283 e. The Morgan fingerprint density at radius 2 is 2.20 bits per heavy atom. The number of amidine groups is 1. The summed E-state index contributed by atoms with van der Waals surface area (Å²) >= 11 is 0. The monoisotopic (exact) mass is 246 g/mol. The molecule has 2 rings (SSSR count). The fourth-order valence-electron chi connectivity index (χ4n) is 1.66. The van der Waals surface area contributed by atoms with Gasteiger partial charge in [0.05, 0.1) is 0 Å². The van der Waals surface area contributed by atoms with E-state index in [0.29, 0.717) is 6.04 Å². The number of rotatable bonds is 1. The van der Waals surface area contributed by atoms with E-state index < -0.39 is 0 Å². The highest BCUT2D eigenvalue weighted by molar-refractivity contribution is 8.82. The molecule has 0 spiro atoms. The van der Waals surface area contributed by atoms with Crippen LogP contribution in [0.5, 0.6) is 0 Å². The van der Waals surface area contributed by atoms with E-state index in [4.69, 9.17) is 4.99 Å². The minimum atomic E-state index is 0.273. The lowest BCUT2D eigenvalue weighted by Crippen LogP contribution is -2.39. The maximum absolute atomic E-state index is 4.71. The molecule has 0 aromatic rings. The quantitative estimate of drug-likeness (QED) is 0.653. The van der Waals surface area contributed by atoms with Gasteiger partial charge in [-0.15, -0.1) is 0 Å². The molecule has 2 aliphatic rings. The van der Waals surface area contributed by atoms with Gasteiger partial charge in [-0.3, -0.25) is 9.91 Å². The first-order valence-electron chi connectivity index (χ1n) is 5.17. The van der Waals surface area contributed by atoms with Gasteiger partial charge in [-0.1, -0.05) is 0 Å². The largest absolute Gasteiger partial charge is 0.283 e.